The van der Waals surface area contributed by atoms with Gasteiger partial charge in [0, 0.05) is 13.0 Å². The van der Waals surface area contributed by atoms with Crippen molar-refractivity contribution in [2.24, 2.45) is 0 Å². The maximum atomic E-state index is 5.66. The van der Waals surface area contributed by atoms with Gasteiger partial charge in [-0.2, -0.15) is 4.98 Å². The largest absolute Gasteiger partial charge is 0.485 e. The Morgan fingerprint density at radius 1 is 1.42 bits per heavy atom. The Morgan fingerprint density at radius 2 is 2.26 bits per heavy atom. The molecule has 2 aromatic rings. The van der Waals surface area contributed by atoms with Crippen molar-refractivity contribution in [3.8, 4) is 5.75 Å². The molecule has 0 saturated heterocycles. The Kier molecular flexibility index (Phi) is 4.52. The average Bonchev–Trinajstić information content (AvgIpc) is 2.83. The molecule has 5 heteroatoms. The molecular formula is C14H19N3O2. The molecule has 2 rings (SSSR count). The molecule has 1 aromatic carbocycles. The van der Waals surface area contributed by atoms with Crippen LogP contribution in [0.15, 0.2) is 28.8 Å². The fraction of sp³-hybridized carbons (Fsp3) is 0.429. The summed E-state index contributed by atoms with van der Waals surface area (Å²) in [5.41, 5.74) is 1.20. The van der Waals surface area contributed by atoms with E-state index >= 15 is 0 Å². The predicted octanol–water partition coefficient (Wildman–Crippen LogP) is 2.63. The van der Waals surface area contributed by atoms with Gasteiger partial charge in [-0.25, -0.2) is 0 Å². The van der Waals surface area contributed by atoms with Crippen LogP contribution in [0.3, 0.4) is 0 Å². The van der Waals surface area contributed by atoms with Gasteiger partial charge in [-0.05, 0) is 31.2 Å². The summed E-state index contributed by atoms with van der Waals surface area (Å²) < 4.78 is 10.6. The predicted molar refractivity (Wildman–Crippen MR) is 71.9 cm³/mol. The van der Waals surface area contributed by atoms with Crippen LogP contribution in [0.2, 0.25) is 0 Å². The summed E-state index contributed by atoms with van der Waals surface area (Å²) in [6.45, 7) is 7.24. The summed E-state index contributed by atoms with van der Waals surface area (Å²) in [4.78, 5) is 4.10. The summed E-state index contributed by atoms with van der Waals surface area (Å²) in [5, 5.41) is 7.17. The fourth-order valence-electron chi connectivity index (χ4n) is 1.85. The van der Waals surface area contributed by atoms with E-state index in [4.69, 9.17) is 9.26 Å². The van der Waals surface area contributed by atoms with Crippen molar-refractivity contribution in [3.63, 3.8) is 0 Å². The molecule has 1 N–H and O–H groups in total. The van der Waals surface area contributed by atoms with Crippen LogP contribution in [0.25, 0.3) is 0 Å². The van der Waals surface area contributed by atoms with E-state index < -0.39 is 0 Å². The second-order valence-corrected chi connectivity index (χ2v) is 4.37. The van der Waals surface area contributed by atoms with Crippen molar-refractivity contribution in [3.05, 3.63) is 41.5 Å². The molecule has 0 aliphatic heterocycles. The van der Waals surface area contributed by atoms with Crippen molar-refractivity contribution in [1.82, 2.24) is 15.5 Å². The molecule has 0 fully saturated rings. The number of hydrogen-bond acceptors (Lipinski definition) is 5. The van der Waals surface area contributed by atoms with Gasteiger partial charge < -0.3 is 14.6 Å². The number of hydrogen-bond donors (Lipinski definition) is 1. The minimum Gasteiger partial charge on any atom is -0.485 e. The lowest BCUT2D eigenvalue weighted by Crippen LogP contribution is -2.17. The number of aromatic nitrogens is 2. The van der Waals surface area contributed by atoms with Crippen LogP contribution in [0, 0.1) is 6.92 Å². The number of ether oxygens (including phenoxy) is 1. The molecule has 0 bridgehead atoms. The number of aryl methyl sites for hydroxylation is 1. The van der Waals surface area contributed by atoms with Crippen molar-refractivity contribution in [1.29, 1.82) is 0 Å². The van der Waals surface area contributed by atoms with Crippen molar-refractivity contribution < 1.29 is 9.26 Å². The minimum absolute atomic E-state index is 0.306. The summed E-state index contributed by atoms with van der Waals surface area (Å²) in [6.07, 6.45) is 0. The zero-order valence-corrected chi connectivity index (χ0v) is 11.5. The van der Waals surface area contributed by atoms with Gasteiger partial charge in [-0.3, -0.25) is 0 Å². The topological polar surface area (TPSA) is 60.2 Å². The van der Waals surface area contributed by atoms with Crippen molar-refractivity contribution in [2.75, 3.05) is 6.54 Å². The molecule has 0 amide bonds. The molecule has 0 saturated carbocycles. The summed E-state index contributed by atoms with van der Waals surface area (Å²) in [7, 11) is 0. The van der Waals surface area contributed by atoms with Crippen LogP contribution >= 0.6 is 0 Å². The smallest absolute Gasteiger partial charge is 0.223 e. The first-order chi connectivity index (χ1) is 9.19. The second kappa shape index (κ2) is 6.33. The van der Waals surface area contributed by atoms with E-state index in [-0.39, 0.29) is 0 Å². The molecule has 0 radical (unpaired) electrons. The van der Waals surface area contributed by atoms with Crippen LogP contribution in [-0.4, -0.2) is 16.7 Å². The average molecular weight is 261 g/mol. The van der Waals surface area contributed by atoms with Crippen LogP contribution in [0.1, 0.15) is 37.2 Å². The molecule has 1 atom stereocenters. The van der Waals surface area contributed by atoms with Crippen LogP contribution in [0.5, 0.6) is 5.75 Å². The zero-order valence-electron chi connectivity index (χ0n) is 11.5. The lowest BCUT2D eigenvalue weighted by molar-refractivity contribution is 0.285. The number of benzene rings is 1. The third-order valence-corrected chi connectivity index (χ3v) is 2.81. The van der Waals surface area contributed by atoms with Gasteiger partial charge >= 0.3 is 0 Å². The SMILES string of the molecule is CCNC(C)c1cccc(OCc2noc(C)n2)c1. The minimum atomic E-state index is 0.306. The first kappa shape index (κ1) is 13.5. The number of rotatable bonds is 6. The van der Waals surface area contributed by atoms with Crippen LogP contribution in [0.4, 0.5) is 0 Å². The van der Waals surface area contributed by atoms with Crippen molar-refractivity contribution >= 4 is 0 Å². The van der Waals surface area contributed by atoms with Crippen molar-refractivity contribution in [2.45, 2.75) is 33.4 Å². The molecule has 0 aliphatic rings. The van der Waals surface area contributed by atoms with Crippen LogP contribution < -0.4 is 10.1 Å². The molecule has 19 heavy (non-hydrogen) atoms. The maximum absolute atomic E-state index is 5.66. The highest BCUT2D eigenvalue weighted by atomic mass is 16.5. The molecule has 1 aromatic heterocycles. The van der Waals surface area contributed by atoms with Gasteiger partial charge in [0.1, 0.15) is 5.75 Å². The van der Waals surface area contributed by atoms with Gasteiger partial charge in [0.15, 0.2) is 6.61 Å². The lowest BCUT2D eigenvalue weighted by Gasteiger charge is -2.13. The Balaban J connectivity index is 1.98. The van der Waals surface area contributed by atoms with E-state index in [1.807, 2.05) is 18.2 Å². The Morgan fingerprint density at radius 3 is 2.95 bits per heavy atom. The first-order valence-corrected chi connectivity index (χ1v) is 6.44. The Labute approximate surface area is 113 Å². The molecule has 0 aliphatic carbocycles. The summed E-state index contributed by atoms with van der Waals surface area (Å²) >= 11 is 0. The molecule has 102 valence electrons. The summed E-state index contributed by atoms with van der Waals surface area (Å²) in [6, 6.07) is 8.33. The molecular weight excluding hydrogens is 242 g/mol. The van der Waals surface area contributed by atoms with E-state index in [0.29, 0.717) is 24.4 Å². The molecule has 5 nitrogen and oxygen atoms in total. The first-order valence-electron chi connectivity index (χ1n) is 6.44. The standard InChI is InChI=1S/C14H19N3O2/c1-4-15-10(2)12-6-5-7-13(8-12)18-9-14-16-11(3)19-17-14/h5-8,10,15H,4,9H2,1-3H3. The van der Waals surface area contributed by atoms with Gasteiger partial charge in [-0.15, -0.1) is 0 Å². The van der Waals surface area contributed by atoms with E-state index in [2.05, 4.69) is 35.4 Å². The number of nitrogens with zero attached hydrogens (tertiary/aromatic N) is 2. The monoisotopic (exact) mass is 261 g/mol. The summed E-state index contributed by atoms with van der Waals surface area (Å²) in [5.74, 6) is 1.92. The quantitative estimate of drug-likeness (QED) is 0.866. The van der Waals surface area contributed by atoms with Gasteiger partial charge in [-0.1, -0.05) is 24.2 Å². The molecule has 1 heterocycles. The maximum Gasteiger partial charge on any atom is 0.223 e. The second-order valence-electron chi connectivity index (χ2n) is 4.37. The van der Waals surface area contributed by atoms with E-state index in [0.717, 1.165) is 12.3 Å². The van der Waals surface area contributed by atoms with E-state index in [1.54, 1.807) is 6.92 Å². The third kappa shape index (κ3) is 3.79. The Hall–Kier alpha value is -1.88. The highest BCUT2D eigenvalue weighted by Crippen LogP contribution is 2.19. The highest BCUT2D eigenvalue weighted by molar-refractivity contribution is 5.30. The van der Waals surface area contributed by atoms with E-state index in [1.165, 1.54) is 5.56 Å². The highest BCUT2D eigenvalue weighted by Gasteiger charge is 2.06. The van der Waals surface area contributed by atoms with Crippen LogP contribution in [-0.2, 0) is 6.61 Å². The Bertz CT molecular complexity index is 525. The van der Waals surface area contributed by atoms with Gasteiger partial charge in [0.25, 0.3) is 0 Å². The molecule has 1 unspecified atom stereocenters. The van der Waals surface area contributed by atoms with E-state index in [9.17, 15) is 0 Å². The fourth-order valence-corrected chi connectivity index (χ4v) is 1.85. The normalized spacial score (nSPS) is 12.4. The number of nitrogens with one attached hydrogen (secondary N) is 1. The molecule has 0 spiro atoms. The zero-order chi connectivity index (χ0) is 13.7. The lowest BCUT2D eigenvalue weighted by atomic mass is 10.1. The third-order valence-electron chi connectivity index (χ3n) is 2.81. The van der Waals surface area contributed by atoms with Gasteiger partial charge in [0.2, 0.25) is 11.7 Å². The van der Waals surface area contributed by atoms with Gasteiger partial charge in [0.05, 0.1) is 0 Å².